The van der Waals surface area contributed by atoms with E-state index in [1.165, 1.54) is 0 Å². The summed E-state index contributed by atoms with van der Waals surface area (Å²) in [6, 6.07) is 0.782. The quantitative estimate of drug-likeness (QED) is 0.121. The zero-order chi connectivity index (χ0) is 28.6. The van der Waals surface area contributed by atoms with Gasteiger partial charge in [0.1, 0.15) is 12.1 Å². The van der Waals surface area contributed by atoms with Crippen LogP contribution in [0.5, 0.6) is 0 Å². The van der Waals surface area contributed by atoms with Crippen LogP contribution in [0.1, 0.15) is 25.3 Å². The lowest BCUT2D eigenvalue weighted by atomic mass is 10.0. The fourth-order valence-corrected chi connectivity index (χ4v) is 3.61. The molecule has 206 valence electrons. The normalized spacial score (nSPS) is 14.9. The molecular formula is C23H30N6O9. The van der Waals surface area contributed by atoms with Gasteiger partial charge in [-0.25, -0.2) is 4.79 Å². The number of aliphatic hydroxyl groups is 1. The number of primary amides is 1. The number of carboxylic acid groups (broad SMARTS) is 2. The number of benzene rings is 1. The van der Waals surface area contributed by atoms with Gasteiger partial charge < -0.3 is 47.7 Å². The fraction of sp³-hybridized carbons (Fsp3) is 0.391. The van der Waals surface area contributed by atoms with Crippen molar-refractivity contribution in [3.8, 4) is 0 Å². The van der Waals surface area contributed by atoms with Crippen molar-refractivity contribution in [2.24, 2.45) is 11.5 Å². The van der Waals surface area contributed by atoms with E-state index in [2.05, 4.69) is 20.9 Å². The Bertz CT molecular complexity index is 1210. The first-order valence-electron chi connectivity index (χ1n) is 11.4. The summed E-state index contributed by atoms with van der Waals surface area (Å²) >= 11 is 0. The third kappa shape index (κ3) is 8.28. The number of carbonyl (C=O) groups excluding carboxylic acids is 4. The van der Waals surface area contributed by atoms with Crippen LogP contribution in [0, 0.1) is 0 Å². The Hall–Kier alpha value is -4.50. The van der Waals surface area contributed by atoms with Gasteiger partial charge in [0, 0.05) is 23.5 Å². The van der Waals surface area contributed by atoms with E-state index < -0.39 is 78.7 Å². The van der Waals surface area contributed by atoms with Crippen LogP contribution < -0.4 is 27.4 Å². The Morgan fingerprint density at radius 1 is 0.921 bits per heavy atom. The van der Waals surface area contributed by atoms with Crippen LogP contribution in [0.3, 0.4) is 0 Å². The van der Waals surface area contributed by atoms with Crippen LogP contribution in [-0.2, 0) is 35.2 Å². The molecule has 11 N–H and O–H groups in total. The molecule has 5 atom stereocenters. The minimum absolute atomic E-state index is 0.149. The van der Waals surface area contributed by atoms with Gasteiger partial charge >= 0.3 is 11.9 Å². The van der Waals surface area contributed by atoms with Crippen molar-refractivity contribution in [1.82, 2.24) is 20.9 Å². The van der Waals surface area contributed by atoms with Crippen LogP contribution >= 0.6 is 0 Å². The molecule has 0 spiro atoms. The van der Waals surface area contributed by atoms with Crippen LogP contribution in [0.2, 0.25) is 0 Å². The molecule has 15 nitrogen and oxygen atoms in total. The summed E-state index contributed by atoms with van der Waals surface area (Å²) in [6.07, 6.45) is -1.49. The molecule has 2 rings (SSSR count). The number of amides is 4. The van der Waals surface area contributed by atoms with Crippen LogP contribution in [-0.4, -0.2) is 86.1 Å². The summed E-state index contributed by atoms with van der Waals surface area (Å²) in [6.45, 7) is 1.16. The summed E-state index contributed by atoms with van der Waals surface area (Å²) in [4.78, 5) is 75.3. The third-order valence-corrected chi connectivity index (χ3v) is 5.55. The second kappa shape index (κ2) is 13.2. The molecule has 38 heavy (non-hydrogen) atoms. The number of aliphatic carboxylic acids is 2. The monoisotopic (exact) mass is 534 g/mol. The van der Waals surface area contributed by atoms with E-state index in [1.54, 1.807) is 30.5 Å². The number of hydrogen-bond acceptors (Lipinski definition) is 8. The van der Waals surface area contributed by atoms with Crippen LogP contribution in [0.4, 0.5) is 0 Å². The number of rotatable bonds is 14. The highest BCUT2D eigenvalue weighted by Crippen LogP contribution is 2.19. The van der Waals surface area contributed by atoms with Gasteiger partial charge in [0.2, 0.25) is 23.6 Å². The second-order valence-corrected chi connectivity index (χ2v) is 8.63. The highest BCUT2D eigenvalue weighted by molar-refractivity contribution is 5.97. The number of para-hydroxylation sites is 1. The molecule has 0 saturated heterocycles. The number of carbonyl (C=O) groups is 6. The predicted molar refractivity (Wildman–Crippen MR) is 131 cm³/mol. The molecule has 1 heterocycles. The summed E-state index contributed by atoms with van der Waals surface area (Å²) in [5.41, 5.74) is 12.0. The van der Waals surface area contributed by atoms with E-state index in [-0.39, 0.29) is 6.42 Å². The standard InChI is InChI=1S/C23H30N6O9/c1-10(30)19(23(37)38)29-22(36)15(6-11-9-26-14-5-3-2-4-12(11)14)28-21(35)16(8-17(25)31)27-20(34)13(24)7-18(32)33/h2-5,9-10,13,15-16,19,26,30H,6-8,24H2,1H3,(H2,25,31)(H,27,34)(H,28,35)(H,29,36)(H,32,33)(H,37,38). The first-order valence-corrected chi connectivity index (χ1v) is 11.4. The number of H-pyrrole nitrogens is 1. The minimum atomic E-state index is -1.69. The average Bonchev–Trinajstić information content (AvgIpc) is 3.23. The number of nitrogens with one attached hydrogen (secondary N) is 4. The van der Waals surface area contributed by atoms with Crippen molar-refractivity contribution in [3.05, 3.63) is 36.0 Å². The maximum atomic E-state index is 13.1. The number of aromatic nitrogens is 1. The first kappa shape index (κ1) is 29.7. The molecule has 0 saturated carbocycles. The molecule has 5 unspecified atom stereocenters. The molecule has 0 aliphatic heterocycles. The van der Waals surface area contributed by atoms with E-state index in [0.717, 1.165) is 12.4 Å². The number of nitrogens with two attached hydrogens (primary N) is 2. The molecule has 0 aliphatic carbocycles. The number of hydrogen-bond donors (Lipinski definition) is 9. The third-order valence-electron chi connectivity index (χ3n) is 5.55. The minimum Gasteiger partial charge on any atom is -0.481 e. The lowest BCUT2D eigenvalue weighted by Gasteiger charge is -2.25. The van der Waals surface area contributed by atoms with Crippen molar-refractivity contribution >= 4 is 46.5 Å². The molecule has 15 heteroatoms. The number of aliphatic hydroxyl groups excluding tert-OH is 1. The number of fused-ring (bicyclic) bond motifs is 1. The van der Waals surface area contributed by atoms with Gasteiger partial charge in [0.15, 0.2) is 6.04 Å². The molecule has 1 aromatic heterocycles. The van der Waals surface area contributed by atoms with Gasteiger partial charge in [-0.05, 0) is 18.6 Å². The lowest BCUT2D eigenvalue weighted by molar-refractivity contribution is -0.145. The molecule has 0 radical (unpaired) electrons. The van der Waals surface area contributed by atoms with Gasteiger partial charge in [-0.3, -0.25) is 24.0 Å². The van der Waals surface area contributed by atoms with E-state index in [4.69, 9.17) is 16.6 Å². The summed E-state index contributed by atoms with van der Waals surface area (Å²) in [5, 5.41) is 35.3. The smallest absolute Gasteiger partial charge is 0.328 e. The highest BCUT2D eigenvalue weighted by Gasteiger charge is 2.33. The van der Waals surface area contributed by atoms with Crippen molar-refractivity contribution in [1.29, 1.82) is 0 Å². The summed E-state index contributed by atoms with van der Waals surface area (Å²) < 4.78 is 0. The fourth-order valence-electron chi connectivity index (χ4n) is 3.61. The van der Waals surface area contributed by atoms with Gasteiger partial charge in [-0.1, -0.05) is 18.2 Å². The Balaban J connectivity index is 2.33. The van der Waals surface area contributed by atoms with E-state index >= 15 is 0 Å². The van der Waals surface area contributed by atoms with E-state index in [1.807, 2.05) is 0 Å². The topological polar surface area (TPSA) is 267 Å². The SMILES string of the molecule is CC(O)C(NC(=O)C(Cc1c[nH]c2ccccc12)NC(=O)C(CC(N)=O)NC(=O)C(N)CC(=O)O)C(=O)O. The van der Waals surface area contributed by atoms with Crippen molar-refractivity contribution in [2.45, 2.75) is 56.5 Å². The zero-order valence-electron chi connectivity index (χ0n) is 20.3. The molecular weight excluding hydrogens is 504 g/mol. The Morgan fingerprint density at radius 3 is 2.11 bits per heavy atom. The maximum Gasteiger partial charge on any atom is 0.328 e. The largest absolute Gasteiger partial charge is 0.481 e. The van der Waals surface area contributed by atoms with Gasteiger partial charge in [0.25, 0.3) is 0 Å². The lowest BCUT2D eigenvalue weighted by Crippen LogP contribution is -2.59. The molecule has 1 aromatic carbocycles. The molecule has 0 aliphatic rings. The molecule has 2 aromatic rings. The van der Waals surface area contributed by atoms with Crippen LogP contribution in [0.15, 0.2) is 30.5 Å². The predicted octanol–water partition coefficient (Wildman–Crippen LogP) is -2.69. The Morgan fingerprint density at radius 2 is 1.53 bits per heavy atom. The van der Waals surface area contributed by atoms with E-state index in [9.17, 15) is 39.0 Å². The van der Waals surface area contributed by atoms with Gasteiger partial charge in [-0.2, -0.15) is 0 Å². The maximum absolute atomic E-state index is 13.1. The Kier molecular flexibility index (Phi) is 10.3. The van der Waals surface area contributed by atoms with Crippen LogP contribution in [0.25, 0.3) is 10.9 Å². The highest BCUT2D eigenvalue weighted by atomic mass is 16.4. The van der Waals surface area contributed by atoms with Gasteiger partial charge in [0.05, 0.1) is 25.0 Å². The summed E-state index contributed by atoms with van der Waals surface area (Å²) in [7, 11) is 0. The average molecular weight is 535 g/mol. The van der Waals surface area contributed by atoms with E-state index in [0.29, 0.717) is 10.9 Å². The zero-order valence-corrected chi connectivity index (χ0v) is 20.3. The molecule has 4 amide bonds. The molecule has 0 fully saturated rings. The number of carboxylic acids is 2. The van der Waals surface area contributed by atoms with Crippen molar-refractivity contribution in [2.75, 3.05) is 0 Å². The van der Waals surface area contributed by atoms with Crippen molar-refractivity contribution in [3.63, 3.8) is 0 Å². The summed E-state index contributed by atoms with van der Waals surface area (Å²) in [5.74, 6) is -6.93. The Labute approximate surface area is 215 Å². The first-order chi connectivity index (χ1) is 17.8. The van der Waals surface area contributed by atoms with Gasteiger partial charge in [-0.15, -0.1) is 0 Å². The second-order valence-electron chi connectivity index (χ2n) is 8.63. The number of aromatic amines is 1. The molecule has 0 bridgehead atoms. The van der Waals surface area contributed by atoms with Crippen molar-refractivity contribution < 1.29 is 44.1 Å².